The van der Waals surface area contributed by atoms with Crippen molar-refractivity contribution in [2.24, 2.45) is 0 Å². The average Bonchev–Trinajstić information content (AvgIpc) is 2.78. The van der Waals surface area contributed by atoms with Gasteiger partial charge in [-0.25, -0.2) is 0 Å². The smallest absolute Gasteiger partial charge is 0.105 e. The maximum absolute atomic E-state index is 5.33. The van der Waals surface area contributed by atoms with E-state index in [9.17, 15) is 0 Å². The van der Waals surface area contributed by atoms with Crippen molar-refractivity contribution in [1.82, 2.24) is 5.32 Å². The van der Waals surface area contributed by atoms with Crippen molar-refractivity contribution < 1.29 is 4.42 Å². The highest BCUT2D eigenvalue weighted by molar-refractivity contribution is 9.10. The van der Waals surface area contributed by atoms with Gasteiger partial charge in [-0.15, -0.1) is 0 Å². The van der Waals surface area contributed by atoms with Gasteiger partial charge in [0.2, 0.25) is 0 Å². The van der Waals surface area contributed by atoms with Crippen LogP contribution in [0.2, 0.25) is 0 Å². The molecule has 2 aromatic rings. The Morgan fingerprint density at radius 2 is 2.05 bits per heavy atom. The highest BCUT2D eigenvalue weighted by Gasteiger charge is 2.08. The van der Waals surface area contributed by atoms with Gasteiger partial charge in [-0.2, -0.15) is 0 Å². The number of halogens is 1. The summed E-state index contributed by atoms with van der Waals surface area (Å²) in [5, 5.41) is 3.16. The van der Waals surface area contributed by atoms with Gasteiger partial charge in [0, 0.05) is 35.9 Å². The molecule has 0 unspecified atom stereocenters. The number of benzene rings is 1. The standard InChI is InChI=1S/C15H19BrN2O/c1-11-13(6-7-19-11)10-18(3)14-5-4-12(9-17-2)15(16)8-14/h4-8,17H,9-10H2,1-3H3. The van der Waals surface area contributed by atoms with Crippen LogP contribution in [-0.4, -0.2) is 14.1 Å². The van der Waals surface area contributed by atoms with Crippen molar-refractivity contribution >= 4 is 21.6 Å². The first kappa shape index (κ1) is 14.2. The maximum Gasteiger partial charge on any atom is 0.105 e. The lowest BCUT2D eigenvalue weighted by atomic mass is 10.2. The van der Waals surface area contributed by atoms with Crippen molar-refractivity contribution in [2.45, 2.75) is 20.0 Å². The summed E-state index contributed by atoms with van der Waals surface area (Å²) in [5.41, 5.74) is 3.67. The molecule has 0 amide bonds. The van der Waals surface area contributed by atoms with Gasteiger partial charge in [-0.3, -0.25) is 0 Å². The third-order valence-electron chi connectivity index (χ3n) is 3.22. The van der Waals surface area contributed by atoms with Crippen LogP contribution in [0.25, 0.3) is 0 Å². The fourth-order valence-electron chi connectivity index (χ4n) is 2.03. The van der Waals surface area contributed by atoms with Gasteiger partial charge in [0.25, 0.3) is 0 Å². The van der Waals surface area contributed by atoms with E-state index >= 15 is 0 Å². The predicted molar refractivity (Wildman–Crippen MR) is 82.5 cm³/mol. The molecule has 4 heteroatoms. The minimum atomic E-state index is 0.847. The van der Waals surface area contributed by atoms with E-state index in [0.29, 0.717) is 0 Å². The molecule has 1 heterocycles. The summed E-state index contributed by atoms with van der Waals surface area (Å²) in [6.45, 7) is 3.71. The van der Waals surface area contributed by atoms with E-state index < -0.39 is 0 Å². The molecule has 3 nitrogen and oxygen atoms in total. The second-order valence-electron chi connectivity index (χ2n) is 4.66. The number of nitrogens with zero attached hydrogens (tertiary/aromatic N) is 1. The molecule has 0 fully saturated rings. The molecular formula is C15H19BrN2O. The van der Waals surface area contributed by atoms with E-state index in [2.05, 4.69) is 51.4 Å². The second-order valence-corrected chi connectivity index (χ2v) is 5.52. The Kier molecular flexibility index (Phi) is 4.66. The van der Waals surface area contributed by atoms with Crippen LogP contribution in [0, 0.1) is 6.92 Å². The van der Waals surface area contributed by atoms with Gasteiger partial charge in [0.1, 0.15) is 5.76 Å². The van der Waals surface area contributed by atoms with Gasteiger partial charge in [-0.05, 0) is 37.7 Å². The Bertz CT molecular complexity index is 551. The molecule has 0 saturated carbocycles. The molecule has 0 aliphatic heterocycles. The topological polar surface area (TPSA) is 28.4 Å². The number of aryl methyl sites for hydroxylation is 1. The Hall–Kier alpha value is -1.26. The van der Waals surface area contributed by atoms with Gasteiger partial charge in [0.05, 0.1) is 6.26 Å². The van der Waals surface area contributed by atoms with Crippen molar-refractivity contribution in [3.63, 3.8) is 0 Å². The monoisotopic (exact) mass is 322 g/mol. The highest BCUT2D eigenvalue weighted by Crippen LogP contribution is 2.25. The van der Waals surface area contributed by atoms with Crippen LogP contribution in [0.3, 0.4) is 0 Å². The number of hydrogen-bond donors (Lipinski definition) is 1. The molecule has 1 N–H and O–H groups in total. The van der Waals surface area contributed by atoms with Crippen molar-refractivity contribution in [1.29, 1.82) is 0 Å². The summed E-state index contributed by atoms with van der Waals surface area (Å²) >= 11 is 3.62. The molecule has 2 rings (SSSR count). The molecule has 1 aromatic carbocycles. The quantitative estimate of drug-likeness (QED) is 0.909. The minimum Gasteiger partial charge on any atom is -0.469 e. The molecule has 0 spiro atoms. The van der Waals surface area contributed by atoms with Gasteiger partial charge >= 0.3 is 0 Å². The first-order chi connectivity index (χ1) is 9.11. The lowest BCUT2D eigenvalue weighted by Crippen LogP contribution is -2.16. The first-order valence-electron chi connectivity index (χ1n) is 6.29. The molecule has 0 saturated heterocycles. The van der Waals surface area contributed by atoms with E-state index in [4.69, 9.17) is 4.42 Å². The zero-order valence-corrected chi connectivity index (χ0v) is 13.1. The van der Waals surface area contributed by atoms with Gasteiger partial charge < -0.3 is 14.6 Å². The van der Waals surface area contributed by atoms with E-state index in [1.54, 1.807) is 6.26 Å². The summed E-state index contributed by atoms with van der Waals surface area (Å²) in [4.78, 5) is 2.21. The number of rotatable bonds is 5. The van der Waals surface area contributed by atoms with Crippen LogP contribution >= 0.6 is 15.9 Å². The number of nitrogens with one attached hydrogen (secondary N) is 1. The first-order valence-corrected chi connectivity index (χ1v) is 7.08. The van der Waals surface area contributed by atoms with E-state index in [0.717, 1.165) is 23.3 Å². The largest absolute Gasteiger partial charge is 0.469 e. The third kappa shape index (κ3) is 3.39. The summed E-state index contributed by atoms with van der Waals surface area (Å²) in [7, 11) is 4.04. The van der Waals surface area contributed by atoms with Gasteiger partial charge in [-0.1, -0.05) is 22.0 Å². The Labute approximate surface area is 122 Å². The fraction of sp³-hybridized carbons (Fsp3) is 0.333. The molecule has 0 aliphatic rings. The summed E-state index contributed by atoms with van der Waals surface area (Å²) < 4.78 is 6.47. The van der Waals surface area contributed by atoms with Crippen LogP contribution in [0.15, 0.2) is 39.4 Å². The molecule has 102 valence electrons. The molecule has 0 aliphatic carbocycles. The van der Waals surface area contributed by atoms with E-state index in [1.807, 2.05) is 20.0 Å². The molecule has 0 radical (unpaired) electrons. The van der Waals surface area contributed by atoms with Crippen LogP contribution < -0.4 is 10.2 Å². The van der Waals surface area contributed by atoms with E-state index in [1.165, 1.54) is 16.8 Å². The van der Waals surface area contributed by atoms with Gasteiger partial charge in [0.15, 0.2) is 0 Å². The molecule has 0 atom stereocenters. The van der Waals surface area contributed by atoms with Crippen LogP contribution in [-0.2, 0) is 13.1 Å². The Morgan fingerprint density at radius 1 is 1.26 bits per heavy atom. The summed E-state index contributed by atoms with van der Waals surface area (Å²) in [6.07, 6.45) is 1.74. The summed E-state index contributed by atoms with van der Waals surface area (Å²) in [5.74, 6) is 0.984. The highest BCUT2D eigenvalue weighted by atomic mass is 79.9. The number of furan rings is 1. The van der Waals surface area contributed by atoms with E-state index in [-0.39, 0.29) is 0 Å². The van der Waals surface area contributed by atoms with Crippen molar-refractivity contribution in [3.05, 3.63) is 51.9 Å². The number of anilines is 1. The lowest BCUT2D eigenvalue weighted by molar-refractivity contribution is 0.529. The van der Waals surface area contributed by atoms with Crippen LogP contribution in [0.4, 0.5) is 5.69 Å². The molecule has 1 aromatic heterocycles. The normalized spacial score (nSPS) is 10.7. The molecule has 0 bridgehead atoms. The average molecular weight is 323 g/mol. The Balaban J connectivity index is 2.13. The van der Waals surface area contributed by atoms with Crippen molar-refractivity contribution in [2.75, 3.05) is 19.0 Å². The fourth-order valence-corrected chi connectivity index (χ4v) is 2.54. The number of hydrogen-bond acceptors (Lipinski definition) is 3. The zero-order chi connectivity index (χ0) is 13.8. The zero-order valence-electron chi connectivity index (χ0n) is 11.5. The SMILES string of the molecule is CNCc1ccc(N(C)Cc2ccoc2C)cc1Br. The lowest BCUT2D eigenvalue weighted by Gasteiger charge is -2.20. The van der Waals surface area contributed by atoms with Crippen LogP contribution in [0.5, 0.6) is 0 Å². The minimum absolute atomic E-state index is 0.847. The summed E-state index contributed by atoms with van der Waals surface area (Å²) in [6, 6.07) is 8.47. The van der Waals surface area contributed by atoms with Crippen molar-refractivity contribution in [3.8, 4) is 0 Å². The second kappa shape index (κ2) is 6.26. The molecular weight excluding hydrogens is 304 g/mol. The maximum atomic E-state index is 5.33. The molecule has 19 heavy (non-hydrogen) atoms. The Morgan fingerprint density at radius 3 is 2.63 bits per heavy atom. The predicted octanol–water partition coefficient (Wildman–Crippen LogP) is 3.71. The third-order valence-corrected chi connectivity index (χ3v) is 3.96. The van der Waals surface area contributed by atoms with Crippen LogP contribution in [0.1, 0.15) is 16.9 Å².